The van der Waals surface area contributed by atoms with Crippen molar-refractivity contribution in [3.63, 3.8) is 0 Å². The van der Waals surface area contributed by atoms with E-state index in [0.29, 0.717) is 11.0 Å². The van der Waals surface area contributed by atoms with Crippen LogP contribution in [-0.4, -0.2) is 48.0 Å². The van der Waals surface area contributed by atoms with Crippen molar-refractivity contribution in [1.29, 1.82) is 0 Å². The molecule has 1 atom stereocenters. The van der Waals surface area contributed by atoms with Gasteiger partial charge in [0.1, 0.15) is 30.3 Å². The van der Waals surface area contributed by atoms with E-state index in [1.165, 1.54) is 10.6 Å². The zero-order valence-electron chi connectivity index (χ0n) is 14.1. The normalized spacial score (nSPS) is 19.4. The van der Waals surface area contributed by atoms with Crippen LogP contribution in [0.5, 0.6) is 0 Å². The molecule has 0 unspecified atom stereocenters. The van der Waals surface area contributed by atoms with Crippen LogP contribution < -0.4 is 16.0 Å². The van der Waals surface area contributed by atoms with E-state index in [1.807, 2.05) is 0 Å². The van der Waals surface area contributed by atoms with Gasteiger partial charge in [0, 0.05) is 5.56 Å². The summed E-state index contributed by atoms with van der Waals surface area (Å²) in [4.78, 5) is 47.8. The topological polar surface area (TPSA) is 108 Å². The first-order valence-electron chi connectivity index (χ1n) is 7.57. The Morgan fingerprint density at radius 1 is 1.21 bits per heavy atom. The van der Waals surface area contributed by atoms with E-state index in [-0.39, 0.29) is 0 Å². The van der Waals surface area contributed by atoms with E-state index in [4.69, 9.17) is 0 Å². The van der Waals surface area contributed by atoms with Crippen LogP contribution in [-0.2, 0) is 15.1 Å². The number of alkyl halides is 3. The number of urea groups is 2. The maximum atomic E-state index is 14.0. The van der Waals surface area contributed by atoms with Crippen molar-refractivity contribution >= 4 is 23.9 Å². The van der Waals surface area contributed by atoms with E-state index in [2.05, 4.69) is 5.32 Å². The number of hydrogen-bond donors (Lipinski definition) is 3. The summed E-state index contributed by atoms with van der Waals surface area (Å²) < 4.78 is 63.4. The predicted octanol–water partition coefficient (Wildman–Crippen LogP) is 1.12. The van der Waals surface area contributed by atoms with Crippen molar-refractivity contribution in [2.45, 2.75) is 18.6 Å². The molecular formula is C15H13F5N4O4. The lowest BCUT2D eigenvalue weighted by Gasteiger charge is -2.22. The molecule has 8 nitrogen and oxygen atoms in total. The molecule has 2 rings (SSSR count). The molecule has 0 radical (unpaired) electrons. The summed E-state index contributed by atoms with van der Waals surface area (Å²) in [5, 5.41) is 5.00. The lowest BCUT2D eigenvalue weighted by Crippen LogP contribution is -2.48. The average Bonchev–Trinajstić information content (AvgIpc) is 2.78. The van der Waals surface area contributed by atoms with Gasteiger partial charge in [-0.05, 0) is 25.1 Å². The zero-order valence-corrected chi connectivity index (χ0v) is 14.1. The molecule has 1 saturated heterocycles. The minimum Gasteiger partial charge on any atom is -0.329 e. The Kier molecular flexibility index (Phi) is 5.57. The monoisotopic (exact) mass is 408 g/mol. The molecule has 3 N–H and O–H groups in total. The number of hydrogen-bond acceptors (Lipinski definition) is 4. The highest BCUT2D eigenvalue weighted by molar-refractivity contribution is 6.10. The average molecular weight is 408 g/mol. The van der Waals surface area contributed by atoms with Crippen LogP contribution in [0.1, 0.15) is 12.5 Å². The van der Waals surface area contributed by atoms with Gasteiger partial charge in [0.25, 0.3) is 5.91 Å². The molecule has 1 aromatic carbocycles. The van der Waals surface area contributed by atoms with Gasteiger partial charge in [0.05, 0.1) is 0 Å². The molecule has 1 aliphatic heterocycles. The van der Waals surface area contributed by atoms with Crippen molar-refractivity contribution in [1.82, 2.24) is 20.9 Å². The molecule has 0 bridgehead atoms. The fraction of sp³-hybridized carbons (Fsp3) is 0.333. The lowest BCUT2D eigenvalue weighted by molar-refractivity contribution is -0.134. The number of nitrogens with zero attached hydrogens (tertiary/aromatic N) is 1. The molecule has 0 aromatic heterocycles. The van der Waals surface area contributed by atoms with Crippen LogP contribution in [0.3, 0.4) is 0 Å². The maximum Gasteiger partial charge on any atom is 0.405 e. The Morgan fingerprint density at radius 2 is 1.86 bits per heavy atom. The Hall–Kier alpha value is -3.25. The van der Waals surface area contributed by atoms with Gasteiger partial charge in [-0.15, -0.1) is 0 Å². The number of imide groups is 2. The second-order valence-corrected chi connectivity index (χ2v) is 5.92. The smallest absolute Gasteiger partial charge is 0.329 e. The predicted molar refractivity (Wildman–Crippen MR) is 81.6 cm³/mol. The standard InChI is InChI=1S/C15H13F5N4O4/c1-14(8-4-7(16)2-3-9(8)17)11(26)24(13(28)23-14)5-10(25)22-12(27)21-6-15(18,19)20/h2-4H,5-6H2,1H3,(H,23,28)(H2,21,22,25,27)/t14-/m0/s1. The number of carbonyl (C=O) groups is 4. The van der Waals surface area contributed by atoms with Crippen molar-refractivity contribution in [2.24, 2.45) is 0 Å². The van der Waals surface area contributed by atoms with E-state index in [0.717, 1.165) is 19.1 Å². The molecule has 0 aliphatic carbocycles. The highest BCUT2D eigenvalue weighted by Gasteiger charge is 2.51. The third-order valence-electron chi connectivity index (χ3n) is 3.75. The quantitative estimate of drug-likeness (QED) is 0.513. The highest BCUT2D eigenvalue weighted by atomic mass is 19.4. The van der Waals surface area contributed by atoms with E-state index >= 15 is 0 Å². The number of nitrogens with one attached hydrogen (secondary N) is 3. The van der Waals surface area contributed by atoms with Crippen LogP contribution in [0, 0.1) is 11.6 Å². The van der Waals surface area contributed by atoms with Gasteiger partial charge in [-0.25, -0.2) is 18.4 Å². The molecule has 6 amide bonds. The Labute approximate surface area is 154 Å². The van der Waals surface area contributed by atoms with Gasteiger partial charge in [-0.1, -0.05) is 0 Å². The molecule has 28 heavy (non-hydrogen) atoms. The van der Waals surface area contributed by atoms with Crippen molar-refractivity contribution in [3.8, 4) is 0 Å². The van der Waals surface area contributed by atoms with Crippen LogP contribution in [0.4, 0.5) is 31.5 Å². The van der Waals surface area contributed by atoms with Crippen LogP contribution >= 0.6 is 0 Å². The lowest BCUT2D eigenvalue weighted by atomic mass is 9.91. The molecule has 152 valence electrons. The number of amides is 6. The van der Waals surface area contributed by atoms with E-state index < -0.39 is 65.9 Å². The zero-order chi connectivity index (χ0) is 21.3. The Bertz CT molecular complexity index is 844. The first-order chi connectivity index (χ1) is 12.8. The van der Waals surface area contributed by atoms with Gasteiger partial charge in [-0.2, -0.15) is 13.2 Å². The summed E-state index contributed by atoms with van der Waals surface area (Å²) in [6, 6.07) is -0.388. The SMILES string of the molecule is C[C@@]1(c2cc(F)ccc2F)NC(=O)N(CC(=O)NC(=O)NCC(F)(F)F)C1=O. The van der Waals surface area contributed by atoms with Crippen molar-refractivity contribution in [2.75, 3.05) is 13.1 Å². The highest BCUT2D eigenvalue weighted by Crippen LogP contribution is 2.31. The Balaban J connectivity index is 2.08. The van der Waals surface area contributed by atoms with E-state index in [1.54, 1.807) is 0 Å². The van der Waals surface area contributed by atoms with Gasteiger partial charge < -0.3 is 10.6 Å². The van der Waals surface area contributed by atoms with Gasteiger partial charge in [0.2, 0.25) is 5.91 Å². The maximum absolute atomic E-state index is 14.0. The fourth-order valence-corrected chi connectivity index (χ4v) is 2.44. The van der Waals surface area contributed by atoms with Crippen LogP contribution in [0.2, 0.25) is 0 Å². The summed E-state index contributed by atoms with van der Waals surface area (Å²) in [7, 11) is 0. The minimum atomic E-state index is -4.71. The summed E-state index contributed by atoms with van der Waals surface area (Å²) in [6.07, 6.45) is -4.71. The molecule has 13 heteroatoms. The van der Waals surface area contributed by atoms with Crippen molar-refractivity contribution in [3.05, 3.63) is 35.4 Å². The van der Waals surface area contributed by atoms with Crippen LogP contribution in [0.25, 0.3) is 0 Å². The largest absolute Gasteiger partial charge is 0.405 e. The van der Waals surface area contributed by atoms with Gasteiger partial charge >= 0.3 is 18.2 Å². The summed E-state index contributed by atoms with van der Waals surface area (Å²) in [6.45, 7) is -1.65. The summed E-state index contributed by atoms with van der Waals surface area (Å²) in [5.74, 6) is -4.26. The Morgan fingerprint density at radius 3 is 2.46 bits per heavy atom. The molecule has 0 saturated carbocycles. The molecule has 0 spiro atoms. The molecule has 1 fully saturated rings. The molecule has 1 aliphatic rings. The first-order valence-corrected chi connectivity index (χ1v) is 7.57. The van der Waals surface area contributed by atoms with E-state index in [9.17, 15) is 41.1 Å². The number of halogens is 5. The summed E-state index contributed by atoms with van der Waals surface area (Å²) in [5.41, 5.74) is -2.51. The molecule has 1 heterocycles. The van der Waals surface area contributed by atoms with Crippen LogP contribution in [0.15, 0.2) is 18.2 Å². The second-order valence-electron chi connectivity index (χ2n) is 5.92. The first kappa shape index (κ1) is 21.1. The number of rotatable bonds is 4. The number of benzene rings is 1. The van der Waals surface area contributed by atoms with Crippen molar-refractivity contribution < 1.29 is 41.1 Å². The third kappa shape index (κ3) is 4.53. The molecular weight excluding hydrogens is 395 g/mol. The number of carbonyl (C=O) groups excluding carboxylic acids is 4. The third-order valence-corrected chi connectivity index (χ3v) is 3.75. The van der Waals surface area contributed by atoms with Gasteiger partial charge in [0.15, 0.2) is 0 Å². The molecule has 1 aromatic rings. The minimum absolute atomic E-state index is 0.316. The van der Waals surface area contributed by atoms with Gasteiger partial charge in [-0.3, -0.25) is 19.8 Å². The fourth-order valence-electron chi connectivity index (χ4n) is 2.44. The second kappa shape index (κ2) is 7.40. The summed E-state index contributed by atoms with van der Waals surface area (Å²) >= 11 is 0.